The van der Waals surface area contributed by atoms with Crippen molar-refractivity contribution in [3.63, 3.8) is 0 Å². The van der Waals surface area contributed by atoms with Gasteiger partial charge in [0, 0.05) is 21.1 Å². The summed E-state index contributed by atoms with van der Waals surface area (Å²) in [7, 11) is 0. The third kappa shape index (κ3) is 4.53. The summed E-state index contributed by atoms with van der Waals surface area (Å²) in [6, 6.07) is 12.1. The minimum Gasteiger partial charge on any atom is -0.484 e. The fraction of sp³-hybridized carbons (Fsp3) is 0.250. The molecule has 0 heterocycles. The molecular weight excluding hydrogens is 401 g/mol. The van der Waals surface area contributed by atoms with Crippen LogP contribution in [-0.2, 0) is 0 Å². The second-order valence-electron chi connectivity index (χ2n) is 4.77. The molecule has 0 aliphatic carbocycles. The van der Waals surface area contributed by atoms with Crippen molar-refractivity contribution >= 4 is 31.9 Å². The summed E-state index contributed by atoms with van der Waals surface area (Å²) in [6.07, 6.45) is 0.439. The molecule has 0 aliphatic rings. The Hall–Kier alpha value is -0.910. The highest BCUT2D eigenvalue weighted by atomic mass is 79.9. The summed E-state index contributed by atoms with van der Waals surface area (Å²) >= 11 is 6.67. The van der Waals surface area contributed by atoms with Gasteiger partial charge < -0.3 is 10.5 Å². The highest BCUT2D eigenvalue weighted by molar-refractivity contribution is 9.10. The highest BCUT2D eigenvalue weighted by Gasteiger charge is 2.21. The van der Waals surface area contributed by atoms with E-state index in [2.05, 4.69) is 31.9 Å². The molecule has 0 radical (unpaired) electrons. The molecule has 5 heteroatoms. The molecule has 2 nitrogen and oxygen atoms in total. The van der Waals surface area contributed by atoms with Crippen molar-refractivity contribution in [2.45, 2.75) is 25.5 Å². The lowest BCUT2D eigenvalue weighted by Gasteiger charge is -2.25. The van der Waals surface area contributed by atoms with Crippen molar-refractivity contribution in [3.8, 4) is 5.75 Å². The van der Waals surface area contributed by atoms with Crippen LogP contribution in [0.2, 0.25) is 0 Å². The van der Waals surface area contributed by atoms with E-state index in [1.807, 2.05) is 31.2 Å². The lowest BCUT2D eigenvalue weighted by Crippen LogP contribution is -2.31. The van der Waals surface area contributed by atoms with E-state index < -0.39 is 0 Å². The Kier molecular flexibility index (Phi) is 5.79. The Morgan fingerprint density at radius 1 is 1.10 bits per heavy atom. The maximum absolute atomic E-state index is 13.5. The van der Waals surface area contributed by atoms with Gasteiger partial charge in [-0.05, 0) is 36.2 Å². The van der Waals surface area contributed by atoms with Crippen LogP contribution in [0.25, 0.3) is 0 Å². The van der Waals surface area contributed by atoms with Crippen molar-refractivity contribution < 1.29 is 9.13 Å². The third-order valence-electron chi connectivity index (χ3n) is 3.16. The SMILES string of the molecule is CCC(N)C(Oc1cc(F)cc(Br)c1)c1ccc(Br)cc1. The molecule has 2 unspecified atom stereocenters. The van der Waals surface area contributed by atoms with Gasteiger partial charge in [-0.2, -0.15) is 0 Å². The minimum absolute atomic E-state index is 0.173. The van der Waals surface area contributed by atoms with Crippen molar-refractivity contribution in [3.05, 3.63) is 62.8 Å². The van der Waals surface area contributed by atoms with E-state index in [1.165, 1.54) is 12.1 Å². The van der Waals surface area contributed by atoms with Crippen LogP contribution in [0.3, 0.4) is 0 Å². The van der Waals surface area contributed by atoms with Crippen LogP contribution in [0.5, 0.6) is 5.75 Å². The van der Waals surface area contributed by atoms with Crippen molar-refractivity contribution in [2.24, 2.45) is 5.73 Å². The van der Waals surface area contributed by atoms with Crippen LogP contribution in [0.1, 0.15) is 25.0 Å². The molecule has 0 fully saturated rings. The van der Waals surface area contributed by atoms with E-state index in [1.54, 1.807) is 6.07 Å². The number of nitrogens with two attached hydrogens (primary N) is 1. The molecular formula is C16H16Br2FNO. The standard InChI is InChI=1S/C16H16Br2FNO/c1-2-15(20)16(10-3-5-11(17)6-4-10)21-14-8-12(18)7-13(19)9-14/h3-9,15-16H,2,20H2,1H3. The monoisotopic (exact) mass is 415 g/mol. The minimum atomic E-state index is -0.348. The molecule has 0 aromatic heterocycles. The molecule has 0 spiro atoms. The first-order valence-electron chi connectivity index (χ1n) is 6.63. The Morgan fingerprint density at radius 2 is 1.76 bits per heavy atom. The summed E-state index contributed by atoms with van der Waals surface area (Å²) in [5.41, 5.74) is 7.13. The molecule has 2 atom stereocenters. The van der Waals surface area contributed by atoms with Crippen LogP contribution in [0, 0.1) is 5.82 Å². The first kappa shape index (κ1) is 16.5. The van der Waals surface area contributed by atoms with Gasteiger partial charge in [0.1, 0.15) is 17.7 Å². The highest BCUT2D eigenvalue weighted by Crippen LogP contribution is 2.29. The molecule has 0 saturated carbocycles. The molecule has 2 N–H and O–H groups in total. The lowest BCUT2D eigenvalue weighted by atomic mass is 10.0. The fourth-order valence-electron chi connectivity index (χ4n) is 2.01. The van der Waals surface area contributed by atoms with Crippen molar-refractivity contribution in [1.29, 1.82) is 0 Å². The van der Waals surface area contributed by atoms with Crippen molar-refractivity contribution in [1.82, 2.24) is 0 Å². The summed E-state index contributed by atoms with van der Waals surface area (Å²) < 4.78 is 21.0. The lowest BCUT2D eigenvalue weighted by molar-refractivity contribution is 0.170. The Labute approximate surface area is 140 Å². The van der Waals surface area contributed by atoms with Crippen LogP contribution in [-0.4, -0.2) is 6.04 Å². The molecule has 2 rings (SSSR count). The second kappa shape index (κ2) is 7.38. The number of benzene rings is 2. The normalized spacial score (nSPS) is 13.8. The van der Waals surface area contributed by atoms with Gasteiger partial charge in [0.05, 0.1) is 0 Å². The van der Waals surface area contributed by atoms with E-state index in [9.17, 15) is 4.39 Å². The van der Waals surface area contributed by atoms with E-state index in [0.717, 1.165) is 16.5 Å². The molecule has 21 heavy (non-hydrogen) atoms. The number of hydrogen-bond donors (Lipinski definition) is 1. The second-order valence-corrected chi connectivity index (χ2v) is 6.60. The first-order chi connectivity index (χ1) is 9.99. The zero-order chi connectivity index (χ0) is 15.4. The van der Waals surface area contributed by atoms with Crippen LogP contribution < -0.4 is 10.5 Å². The van der Waals surface area contributed by atoms with Crippen LogP contribution in [0.4, 0.5) is 4.39 Å². The van der Waals surface area contributed by atoms with Gasteiger partial charge in [0.2, 0.25) is 0 Å². The topological polar surface area (TPSA) is 35.2 Å². The number of hydrogen-bond acceptors (Lipinski definition) is 2. The zero-order valence-corrected chi connectivity index (χ0v) is 14.7. The van der Waals surface area contributed by atoms with E-state index in [0.29, 0.717) is 10.2 Å². The average Bonchev–Trinajstić information content (AvgIpc) is 2.44. The quantitative estimate of drug-likeness (QED) is 0.726. The van der Waals surface area contributed by atoms with Gasteiger partial charge in [-0.15, -0.1) is 0 Å². The Balaban J connectivity index is 2.30. The van der Waals surface area contributed by atoms with Crippen LogP contribution >= 0.6 is 31.9 Å². The van der Waals surface area contributed by atoms with Gasteiger partial charge in [-0.3, -0.25) is 0 Å². The molecule has 0 saturated heterocycles. The Bertz CT molecular complexity index is 583. The molecule has 2 aromatic rings. The summed E-state index contributed by atoms with van der Waals surface area (Å²) in [5.74, 6) is 0.109. The maximum atomic E-state index is 13.5. The summed E-state index contributed by atoms with van der Waals surface area (Å²) in [4.78, 5) is 0. The zero-order valence-electron chi connectivity index (χ0n) is 11.5. The fourth-order valence-corrected chi connectivity index (χ4v) is 2.72. The average molecular weight is 417 g/mol. The number of halogens is 3. The smallest absolute Gasteiger partial charge is 0.139 e. The third-order valence-corrected chi connectivity index (χ3v) is 4.14. The van der Waals surface area contributed by atoms with Gasteiger partial charge in [-0.1, -0.05) is 50.9 Å². The molecule has 0 aliphatic heterocycles. The summed E-state index contributed by atoms with van der Waals surface area (Å²) in [5, 5.41) is 0. The Morgan fingerprint density at radius 3 is 2.33 bits per heavy atom. The van der Waals surface area contributed by atoms with Gasteiger partial charge >= 0.3 is 0 Å². The first-order valence-corrected chi connectivity index (χ1v) is 8.22. The van der Waals surface area contributed by atoms with Gasteiger partial charge in [0.25, 0.3) is 0 Å². The predicted octanol–water partition coefficient (Wildman–Crippen LogP) is 5.21. The molecule has 112 valence electrons. The molecule has 0 amide bonds. The van der Waals surface area contributed by atoms with Crippen LogP contribution in [0.15, 0.2) is 51.4 Å². The number of rotatable bonds is 5. The van der Waals surface area contributed by atoms with E-state index in [-0.39, 0.29) is 18.0 Å². The van der Waals surface area contributed by atoms with E-state index >= 15 is 0 Å². The molecule has 2 aromatic carbocycles. The maximum Gasteiger partial charge on any atom is 0.139 e. The largest absolute Gasteiger partial charge is 0.484 e. The predicted molar refractivity (Wildman–Crippen MR) is 89.9 cm³/mol. The molecule has 0 bridgehead atoms. The van der Waals surface area contributed by atoms with Crippen molar-refractivity contribution in [2.75, 3.05) is 0 Å². The number of ether oxygens (including phenoxy) is 1. The van der Waals surface area contributed by atoms with Gasteiger partial charge in [-0.25, -0.2) is 4.39 Å². The van der Waals surface area contributed by atoms with Gasteiger partial charge in [0.15, 0.2) is 0 Å². The summed E-state index contributed by atoms with van der Waals surface area (Å²) in [6.45, 7) is 2.00. The van der Waals surface area contributed by atoms with E-state index in [4.69, 9.17) is 10.5 Å².